The Labute approximate surface area is 140 Å². The molecule has 4 rings (SSSR count). The van der Waals surface area contributed by atoms with Crippen LogP contribution in [0.15, 0.2) is 41.2 Å². The van der Waals surface area contributed by atoms with Crippen molar-refractivity contribution in [2.45, 2.75) is 0 Å². The van der Waals surface area contributed by atoms with Gasteiger partial charge in [-0.3, -0.25) is 24.3 Å². The summed E-state index contributed by atoms with van der Waals surface area (Å²) in [5, 5.41) is 2.91. The minimum Gasteiger partial charge on any atom is -0.481 e. The molecule has 124 valence electrons. The van der Waals surface area contributed by atoms with Crippen LogP contribution < -0.4 is 21.3 Å². The first-order valence-corrected chi connectivity index (χ1v) is 7.36. The summed E-state index contributed by atoms with van der Waals surface area (Å²) in [4.78, 5) is 40.7. The summed E-state index contributed by atoms with van der Waals surface area (Å²) in [6.45, 7) is 0. The molecular formula is C17H12N4O4. The van der Waals surface area contributed by atoms with Gasteiger partial charge in [0.05, 0.1) is 29.4 Å². The summed E-state index contributed by atoms with van der Waals surface area (Å²) >= 11 is 0. The minimum absolute atomic E-state index is 0.00972. The average molecular weight is 336 g/mol. The number of fused-ring (bicyclic) bond motifs is 2. The Kier molecular flexibility index (Phi) is 3.08. The summed E-state index contributed by atoms with van der Waals surface area (Å²) in [6, 6.07) is 9.84. The second-order valence-corrected chi connectivity index (χ2v) is 5.48. The minimum atomic E-state index is -0.631. The van der Waals surface area contributed by atoms with Gasteiger partial charge in [0.1, 0.15) is 5.82 Å². The van der Waals surface area contributed by atoms with E-state index in [0.29, 0.717) is 17.1 Å². The molecule has 3 aromatic rings. The van der Waals surface area contributed by atoms with Crippen LogP contribution in [0.5, 0.6) is 5.88 Å². The van der Waals surface area contributed by atoms with Gasteiger partial charge in [-0.15, -0.1) is 0 Å². The monoisotopic (exact) mass is 336 g/mol. The molecule has 0 atom stereocenters. The van der Waals surface area contributed by atoms with E-state index in [1.165, 1.54) is 11.7 Å². The Morgan fingerprint density at radius 1 is 1.12 bits per heavy atom. The molecule has 8 nitrogen and oxygen atoms in total. The molecule has 0 unspecified atom stereocenters. The van der Waals surface area contributed by atoms with E-state index in [1.54, 1.807) is 24.3 Å². The topological polar surface area (TPSA) is 116 Å². The first kappa shape index (κ1) is 14.9. The molecule has 0 radical (unpaired) electrons. The fourth-order valence-corrected chi connectivity index (χ4v) is 2.94. The van der Waals surface area contributed by atoms with Crippen molar-refractivity contribution >= 4 is 28.5 Å². The van der Waals surface area contributed by atoms with Gasteiger partial charge in [-0.2, -0.15) is 0 Å². The van der Waals surface area contributed by atoms with E-state index in [1.807, 2.05) is 6.07 Å². The lowest BCUT2D eigenvalue weighted by atomic mass is 10.1. The number of carbonyl (C=O) groups is 2. The Morgan fingerprint density at radius 3 is 2.68 bits per heavy atom. The number of methoxy groups -OCH3 is 1. The second-order valence-electron chi connectivity index (χ2n) is 5.48. The molecule has 1 aliphatic heterocycles. The number of imide groups is 1. The lowest BCUT2D eigenvalue weighted by Crippen LogP contribution is -2.24. The van der Waals surface area contributed by atoms with Crippen LogP contribution in [-0.2, 0) is 0 Å². The van der Waals surface area contributed by atoms with Gasteiger partial charge in [0.2, 0.25) is 5.88 Å². The summed E-state index contributed by atoms with van der Waals surface area (Å²) in [5.41, 5.74) is 6.40. The van der Waals surface area contributed by atoms with Crippen LogP contribution in [0.2, 0.25) is 0 Å². The van der Waals surface area contributed by atoms with Crippen molar-refractivity contribution < 1.29 is 14.3 Å². The van der Waals surface area contributed by atoms with Crippen LogP contribution in [0.3, 0.4) is 0 Å². The second kappa shape index (κ2) is 5.17. The number of pyridine rings is 2. The van der Waals surface area contributed by atoms with Crippen molar-refractivity contribution in [2.75, 3.05) is 12.8 Å². The first-order valence-electron chi connectivity index (χ1n) is 7.36. The number of nitrogens with two attached hydrogens (primary N) is 1. The molecule has 0 bridgehead atoms. The van der Waals surface area contributed by atoms with Gasteiger partial charge in [-0.1, -0.05) is 12.1 Å². The van der Waals surface area contributed by atoms with Gasteiger partial charge in [0.15, 0.2) is 0 Å². The number of amides is 2. The Hall–Kier alpha value is -3.68. The standard InChI is InChI=1S/C17H12N4O4/c1-25-11-6-5-8-3-2-4-10(14(8)19-11)21-12(22)7-9-13(15(21)18)17(24)20-16(9)23/h2-7H,18H2,1H3,(H,20,23,24). The number of benzene rings is 1. The van der Waals surface area contributed by atoms with Crippen LogP contribution >= 0.6 is 0 Å². The van der Waals surface area contributed by atoms with Gasteiger partial charge in [-0.25, -0.2) is 4.98 Å². The quantitative estimate of drug-likeness (QED) is 0.671. The molecule has 8 heteroatoms. The molecule has 2 amide bonds. The highest BCUT2D eigenvalue weighted by molar-refractivity contribution is 6.23. The lowest BCUT2D eigenvalue weighted by Gasteiger charge is -2.14. The van der Waals surface area contributed by atoms with Crippen molar-refractivity contribution in [3.05, 3.63) is 57.9 Å². The number of hydrogen-bond donors (Lipinski definition) is 2. The zero-order valence-corrected chi connectivity index (χ0v) is 13.1. The third kappa shape index (κ3) is 2.08. The number of nitrogens with zero attached hydrogens (tertiary/aromatic N) is 2. The number of hydrogen-bond acceptors (Lipinski definition) is 6. The molecule has 1 aliphatic rings. The number of ether oxygens (including phenoxy) is 1. The van der Waals surface area contributed by atoms with Crippen LogP contribution in [-0.4, -0.2) is 28.5 Å². The predicted octanol–water partition coefficient (Wildman–Crippen LogP) is 0.860. The molecule has 25 heavy (non-hydrogen) atoms. The number of para-hydroxylation sites is 1. The van der Waals surface area contributed by atoms with Gasteiger partial charge < -0.3 is 10.5 Å². The largest absolute Gasteiger partial charge is 0.481 e. The summed E-state index contributed by atoms with van der Waals surface area (Å²) < 4.78 is 6.31. The van der Waals surface area contributed by atoms with E-state index in [9.17, 15) is 14.4 Å². The fourth-order valence-electron chi connectivity index (χ4n) is 2.94. The number of rotatable bonds is 2. The number of anilines is 1. The van der Waals surface area contributed by atoms with Crippen LogP contribution in [0, 0.1) is 0 Å². The molecule has 0 saturated heterocycles. The summed E-state index contributed by atoms with van der Waals surface area (Å²) in [6.07, 6.45) is 0. The first-order chi connectivity index (χ1) is 12.0. The molecule has 0 spiro atoms. The van der Waals surface area contributed by atoms with E-state index >= 15 is 0 Å². The third-order valence-corrected chi connectivity index (χ3v) is 4.08. The van der Waals surface area contributed by atoms with E-state index in [2.05, 4.69) is 10.3 Å². The third-order valence-electron chi connectivity index (χ3n) is 4.08. The molecule has 3 N–H and O–H groups in total. The highest BCUT2D eigenvalue weighted by atomic mass is 16.5. The Balaban J connectivity index is 2.09. The van der Waals surface area contributed by atoms with E-state index in [-0.39, 0.29) is 16.9 Å². The van der Waals surface area contributed by atoms with Gasteiger partial charge in [0.25, 0.3) is 17.4 Å². The Bertz CT molecular complexity index is 1130. The van der Waals surface area contributed by atoms with Gasteiger partial charge >= 0.3 is 0 Å². The van der Waals surface area contributed by atoms with Crippen molar-refractivity contribution in [1.29, 1.82) is 0 Å². The molecule has 2 aromatic heterocycles. The highest BCUT2D eigenvalue weighted by Crippen LogP contribution is 2.27. The predicted molar refractivity (Wildman–Crippen MR) is 90.1 cm³/mol. The SMILES string of the molecule is COc1ccc2cccc(-n3c(N)c4c(cc3=O)C(=O)NC4=O)c2n1. The number of aromatic nitrogens is 2. The normalized spacial score (nSPS) is 13.0. The van der Waals surface area contributed by atoms with Crippen LogP contribution in [0.25, 0.3) is 16.6 Å². The van der Waals surface area contributed by atoms with Gasteiger partial charge in [0, 0.05) is 17.5 Å². The average Bonchev–Trinajstić information content (AvgIpc) is 2.88. The Morgan fingerprint density at radius 2 is 1.92 bits per heavy atom. The molecule has 0 saturated carbocycles. The smallest absolute Gasteiger partial charge is 0.262 e. The summed E-state index contributed by atoms with van der Waals surface area (Å²) in [5.74, 6) is -0.991. The fraction of sp³-hybridized carbons (Fsp3) is 0.0588. The van der Waals surface area contributed by atoms with Crippen molar-refractivity contribution in [1.82, 2.24) is 14.9 Å². The molecule has 0 aliphatic carbocycles. The lowest BCUT2D eigenvalue weighted by molar-refractivity contribution is 0.0880. The van der Waals surface area contributed by atoms with Crippen LogP contribution in [0.1, 0.15) is 20.7 Å². The zero-order chi connectivity index (χ0) is 17.7. The van der Waals surface area contributed by atoms with Gasteiger partial charge in [-0.05, 0) is 12.1 Å². The molecule has 1 aromatic carbocycles. The van der Waals surface area contributed by atoms with E-state index in [4.69, 9.17) is 10.5 Å². The van der Waals surface area contributed by atoms with E-state index < -0.39 is 17.4 Å². The van der Waals surface area contributed by atoms with Crippen molar-refractivity contribution in [2.24, 2.45) is 0 Å². The number of nitrogen functional groups attached to an aromatic ring is 1. The highest BCUT2D eigenvalue weighted by Gasteiger charge is 2.32. The van der Waals surface area contributed by atoms with Crippen LogP contribution in [0.4, 0.5) is 5.82 Å². The van der Waals surface area contributed by atoms with E-state index in [0.717, 1.165) is 11.5 Å². The molecule has 0 fully saturated rings. The molecular weight excluding hydrogens is 324 g/mol. The maximum absolute atomic E-state index is 12.6. The maximum atomic E-state index is 12.6. The molecule has 3 heterocycles. The van der Waals surface area contributed by atoms with Crippen molar-refractivity contribution in [3.63, 3.8) is 0 Å². The zero-order valence-electron chi connectivity index (χ0n) is 13.1. The number of carbonyl (C=O) groups excluding carboxylic acids is 2. The van der Waals surface area contributed by atoms with Crippen molar-refractivity contribution in [3.8, 4) is 11.6 Å². The maximum Gasteiger partial charge on any atom is 0.262 e. The summed E-state index contributed by atoms with van der Waals surface area (Å²) in [7, 11) is 1.49. The number of nitrogens with one attached hydrogen (secondary N) is 1.